The lowest BCUT2D eigenvalue weighted by atomic mass is 10.0. The summed E-state index contributed by atoms with van der Waals surface area (Å²) in [4.78, 5) is 35.7. The van der Waals surface area contributed by atoms with Gasteiger partial charge in [0, 0.05) is 28.1 Å². The van der Waals surface area contributed by atoms with E-state index in [1.54, 1.807) is 36.6 Å². The number of rotatable bonds is 8. The molecule has 0 atom stereocenters. The average Bonchev–Trinajstić information content (AvgIpc) is 3.18. The maximum absolute atomic E-state index is 12.6. The van der Waals surface area contributed by atoms with E-state index in [0.717, 1.165) is 16.9 Å². The third-order valence-corrected chi connectivity index (χ3v) is 5.71. The van der Waals surface area contributed by atoms with Crippen LogP contribution in [0.4, 0.5) is 10.7 Å². The van der Waals surface area contributed by atoms with Crippen molar-refractivity contribution in [1.82, 2.24) is 0 Å². The molecule has 166 valence electrons. The first-order valence-corrected chi connectivity index (χ1v) is 10.8. The SMILES string of the molecule is CCOC(=O)c1c(-c2cccc([N+](=O)[O-])c2)csc1NC(=O)COc1ccc(Cl)c(C)c1. The Hall–Kier alpha value is -3.43. The maximum atomic E-state index is 12.6. The Morgan fingerprint density at radius 1 is 1.22 bits per heavy atom. The molecule has 1 aromatic heterocycles. The molecule has 1 heterocycles. The van der Waals surface area contributed by atoms with Crippen molar-refractivity contribution < 1.29 is 24.0 Å². The van der Waals surface area contributed by atoms with Crippen molar-refractivity contribution in [1.29, 1.82) is 0 Å². The molecule has 0 spiro atoms. The van der Waals surface area contributed by atoms with E-state index in [1.807, 2.05) is 6.92 Å². The first-order valence-electron chi connectivity index (χ1n) is 9.52. The molecule has 0 radical (unpaired) electrons. The zero-order valence-corrected chi connectivity index (χ0v) is 18.8. The van der Waals surface area contributed by atoms with Gasteiger partial charge in [-0.05, 0) is 43.2 Å². The number of esters is 1. The van der Waals surface area contributed by atoms with E-state index >= 15 is 0 Å². The normalized spacial score (nSPS) is 10.5. The number of thiophene rings is 1. The molecule has 0 saturated carbocycles. The molecule has 3 rings (SSSR count). The van der Waals surface area contributed by atoms with Gasteiger partial charge in [0.05, 0.1) is 11.5 Å². The van der Waals surface area contributed by atoms with Crippen molar-refractivity contribution in [3.05, 3.63) is 74.1 Å². The van der Waals surface area contributed by atoms with Gasteiger partial charge in [0.15, 0.2) is 6.61 Å². The number of nitro groups is 1. The molecule has 2 aromatic carbocycles. The predicted octanol–water partition coefficient (Wildman–Crippen LogP) is 5.48. The van der Waals surface area contributed by atoms with Crippen molar-refractivity contribution in [2.75, 3.05) is 18.5 Å². The number of ether oxygens (including phenoxy) is 2. The lowest BCUT2D eigenvalue weighted by molar-refractivity contribution is -0.384. The Kier molecular flexibility index (Phi) is 7.45. The van der Waals surface area contributed by atoms with Gasteiger partial charge in [-0.2, -0.15) is 0 Å². The van der Waals surface area contributed by atoms with E-state index in [4.69, 9.17) is 21.1 Å². The summed E-state index contributed by atoms with van der Waals surface area (Å²) in [6.07, 6.45) is 0. The standard InChI is InChI=1S/C22H19ClN2O6S/c1-3-30-22(27)20-17(14-5-4-6-15(10-14)25(28)29)12-32-21(20)24-19(26)11-31-16-7-8-18(23)13(2)9-16/h4-10,12H,3,11H2,1-2H3,(H,24,26). The summed E-state index contributed by atoms with van der Waals surface area (Å²) in [6.45, 7) is 3.34. The van der Waals surface area contributed by atoms with E-state index in [1.165, 1.54) is 18.2 Å². The van der Waals surface area contributed by atoms with Crippen LogP contribution in [0.1, 0.15) is 22.8 Å². The number of non-ortho nitro benzene ring substituents is 1. The summed E-state index contributed by atoms with van der Waals surface area (Å²) in [5, 5.41) is 16.3. The molecular formula is C22H19ClN2O6S. The van der Waals surface area contributed by atoms with Crippen molar-refractivity contribution in [2.24, 2.45) is 0 Å². The van der Waals surface area contributed by atoms with Gasteiger partial charge >= 0.3 is 5.97 Å². The Morgan fingerprint density at radius 3 is 2.69 bits per heavy atom. The number of anilines is 1. The Labute approximate surface area is 192 Å². The van der Waals surface area contributed by atoms with Crippen LogP contribution >= 0.6 is 22.9 Å². The largest absolute Gasteiger partial charge is 0.484 e. The van der Waals surface area contributed by atoms with Crippen molar-refractivity contribution in [2.45, 2.75) is 13.8 Å². The molecule has 1 N–H and O–H groups in total. The van der Waals surface area contributed by atoms with Crippen LogP contribution in [0.3, 0.4) is 0 Å². The van der Waals surface area contributed by atoms with E-state index in [0.29, 0.717) is 21.9 Å². The second-order valence-corrected chi connectivity index (χ2v) is 7.92. The number of halogens is 1. The third-order valence-electron chi connectivity index (χ3n) is 4.39. The smallest absolute Gasteiger partial charge is 0.341 e. The third kappa shape index (κ3) is 5.43. The summed E-state index contributed by atoms with van der Waals surface area (Å²) in [5.41, 5.74) is 1.73. The van der Waals surface area contributed by atoms with Gasteiger partial charge < -0.3 is 14.8 Å². The number of hydrogen-bond donors (Lipinski definition) is 1. The number of amides is 1. The van der Waals surface area contributed by atoms with Crippen molar-refractivity contribution in [3.8, 4) is 16.9 Å². The van der Waals surface area contributed by atoms with Crippen LogP contribution in [0.2, 0.25) is 5.02 Å². The van der Waals surface area contributed by atoms with E-state index in [2.05, 4.69) is 5.32 Å². The zero-order valence-electron chi connectivity index (χ0n) is 17.2. The summed E-state index contributed by atoms with van der Waals surface area (Å²) < 4.78 is 10.6. The highest BCUT2D eigenvalue weighted by Crippen LogP contribution is 2.37. The number of nitrogens with one attached hydrogen (secondary N) is 1. The minimum atomic E-state index is -0.639. The maximum Gasteiger partial charge on any atom is 0.341 e. The number of nitrogens with zero attached hydrogens (tertiary/aromatic N) is 1. The predicted molar refractivity (Wildman–Crippen MR) is 123 cm³/mol. The van der Waals surface area contributed by atoms with Gasteiger partial charge in [-0.15, -0.1) is 11.3 Å². The average molecular weight is 475 g/mol. The van der Waals surface area contributed by atoms with Crippen LogP contribution in [0.15, 0.2) is 47.8 Å². The molecule has 32 heavy (non-hydrogen) atoms. The lowest BCUT2D eigenvalue weighted by Gasteiger charge is -2.10. The van der Waals surface area contributed by atoms with Crippen LogP contribution in [-0.4, -0.2) is 30.0 Å². The fourth-order valence-corrected chi connectivity index (χ4v) is 3.96. The van der Waals surface area contributed by atoms with Crippen molar-refractivity contribution in [3.63, 3.8) is 0 Å². The van der Waals surface area contributed by atoms with Gasteiger partial charge in [0.1, 0.15) is 16.3 Å². The van der Waals surface area contributed by atoms with Gasteiger partial charge in [0.2, 0.25) is 0 Å². The highest BCUT2D eigenvalue weighted by atomic mass is 35.5. The zero-order chi connectivity index (χ0) is 23.3. The number of nitro benzene ring substituents is 1. The molecule has 0 aliphatic heterocycles. The summed E-state index contributed by atoms with van der Waals surface area (Å²) in [5.74, 6) is -0.633. The van der Waals surface area contributed by atoms with E-state index < -0.39 is 16.8 Å². The Bertz CT molecular complexity index is 1180. The summed E-state index contributed by atoms with van der Waals surface area (Å²) >= 11 is 7.11. The molecule has 0 bridgehead atoms. The minimum Gasteiger partial charge on any atom is -0.484 e. The van der Waals surface area contributed by atoms with Crippen LogP contribution in [0.25, 0.3) is 11.1 Å². The second-order valence-electron chi connectivity index (χ2n) is 6.63. The molecule has 0 saturated heterocycles. The van der Waals surface area contributed by atoms with E-state index in [9.17, 15) is 19.7 Å². The Morgan fingerprint density at radius 2 is 2.00 bits per heavy atom. The molecular weight excluding hydrogens is 456 g/mol. The first-order chi connectivity index (χ1) is 15.3. The molecule has 10 heteroatoms. The Balaban J connectivity index is 1.83. The molecule has 0 fully saturated rings. The molecule has 0 aliphatic rings. The van der Waals surface area contributed by atoms with Crippen molar-refractivity contribution >= 4 is 45.5 Å². The topological polar surface area (TPSA) is 108 Å². The van der Waals surface area contributed by atoms with E-state index in [-0.39, 0.29) is 29.5 Å². The summed E-state index contributed by atoms with van der Waals surface area (Å²) in [7, 11) is 0. The molecule has 3 aromatic rings. The van der Waals surface area contributed by atoms with Crippen LogP contribution in [0.5, 0.6) is 5.75 Å². The molecule has 0 unspecified atom stereocenters. The quantitative estimate of drug-likeness (QED) is 0.263. The van der Waals surface area contributed by atoms with Gasteiger partial charge in [-0.3, -0.25) is 14.9 Å². The molecule has 1 amide bonds. The number of benzene rings is 2. The van der Waals surface area contributed by atoms with Crippen LogP contribution in [0, 0.1) is 17.0 Å². The number of aryl methyl sites for hydroxylation is 1. The summed E-state index contributed by atoms with van der Waals surface area (Å²) in [6, 6.07) is 10.9. The minimum absolute atomic E-state index is 0.110. The van der Waals surface area contributed by atoms with Crippen LogP contribution in [-0.2, 0) is 9.53 Å². The first kappa shape index (κ1) is 23.2. The fourth-order valence-electron chi connectivity index (χ4n) is 2.87. The lowest BCUT2D eigenvalue weighted by Crippen LogP contribution is -2.21. The second kappa shape index (κ2) is 10.3. The highest BCUT2D eigenvalue weighted by molar-refractivity contribution is 7.15. The number of carbonyl (C=O) groups is 2. The highest BCUT2D eigenvalue weighted by Gasteiger charge is 2.24. The fraction of sp³-hybridized carbons (Fsp3) is 0.182. The van der Waals surface area contributed by atoms with Gasteiger partial charge in [-0.1, -0.05) is 23.7 Å². The number of carbonyl (C=O) groups excluding carboxylic acids is 2. The monoisotopic (exact) mass is 474 g/mol. The van der Waals surface area contributed by atoms with Gasteiger partial charge in [0.25, 0.3) is 11.6 Å². The molecule has 8 nitrogen and oxygen atoms in total. The molecule has 0 aliphatic carbocycles. The van der Waals surface area contributed by atoms with Crippen LogP contribution < -0.4 is 10.1 Å². The van der Waals surface area contributed by atoms with Gasteiger partial charge in [-0.25, -0.2) is 4.79 Å². The number of hydrogen-bond acceptors (Lipinski definition) is 7.